The van der Waals surface area contributed by atoms with Crippen LogP contribution in [0, 0.1) is 5.82 Å². The van der Waals surface area contributed by atoms with Gasteiger partial charge in [0.15, 0.2) is 0 Å². The molecule has 0 aliphatic carbocycles. The molecular formula is C22H28FN3O4S. The molecule has 0 radical (unpaired) electrons. The van der Waals surface area contributed by atoms with Crippen LogP contribution in [0.1, 0.15) is 43.5 Å². The van der Waals surface area contributed by atoms with Crippen molar-refractivity contribution < 1.29 is 22.4 Å². The number of rotatable bonds is 10. The zero-order valence-corrected chi connectivity index (χ0v) is 18.7. The molecule has 0 fully saturated rings. The van der Waals surface area contributed by atoms with E-state index in [2.05, 4.69) is 10.6 Å². The first-order valence-corrected chi connectivity index (χ1v) is 11.9. The highest BCUT2D eigenvalue weighted by Crippen LogP contribution is 2.19. The number of carbonyl (C=O) groups is 2. The quantitative estimate of drug-likeness (QED) is 0.580. The number of nitrogens with one attached hydrogen (secondary N) is 2. The first-order valence-electron chi connectivity index (χ1n) is 10.0. The minimum absolute atomic E-state index is 0.00435. The molecule has 2 aromatic rings. The van der Waals surface area contributed by atoms with E-state index in [9.17, 15) is 22.4 Å². The summed E-state index contributed by atoms with van der Waals surface area (Å²) in [6.07, 6.45) is 2.14. The number of nitrogens with zero attached hydrogens (tertiary/aromatic N) is 1. The standard InChI is InChI=1S/C22H28FN3O4S/c1-4-16(2)24-22(28)19-8-5-6-9-20(19)25-21(27)10-7-15-26(31(3,29)30)18-13-11-17(23)12-14-18/h5-6,8-9,11-14,16H,4,7,10,15H2,1-3H3,(H,24,28)(H,25,27)/t16-/m0/s1. The van der Waals surface area contributed by atoms with Crippen molar-refractivity contribution >= 4 is 33.2 Å². The minimum atomic E-state index is -3.59. The SMILES string of the molecule is CC[C@H](C)NC(=O)c1ccccc1NC(=O)CCCN(c1ccc(F)cc1)S(C)(=O)=O. The Balaban J connectivity index is 2.00. The summed E-state index contributed by atoms with van der Waals surface area (Å²) in [5.41, 5.74) is 1.09. The van der Waals surface area contributed by atoms with Crippen molar-refractivity contribution in [2.75, 3.05) is 22.4 Å². The molecular weight excluding hydrogens is 421 g/mol. The second kappa shape index (κ2) is 10.9. The Morgan fingerprint density at radius 2 is 1.74 bits per heavy atom. The predicted molar refractivity (Wildman–Crippen MR) is 120 cm³/mol. The van der Waals surface area contributed by atoms with Crippen LogP contribution >= 0.6 is 0 Å². The maximum Gasteiger partial charge on any atom is 0.253 e. The zero-order chi connectivity index (χ0) is 23.0. The second-order valence-corrected chi connectivity index (χ2v) is 9.20. The lowest BCUT2D eigenvalue weighted by molar-refractivity contribution is -0.116. The molecule has 0 aromatic heterocycles. The van der Waals surface area contributed by atoms with Crippen LogP contribution in [-0.4, -0.2) is 39.1 Å². The van der Waals surface area contributed by atoms with Crippen LogP contribution in [0.3, 0.4) is 0 Å². The summed E-state index contributed by atoms with van der Waals surface area (Å²) >= 11 is 0. The van der Waals surface area contributed by atoms with E-state index >= 15 is 0 Å². The van der Waals surface area contributed by atoms with Crippen molar-refractivity contribution in [3.8, 4) is 0 Å². The van der Waals surface area contributed by atoms with Crippen LogP contribution in [0.2, 0.25) is 0 Å². The van der Waals surface area contributed by atoms with Gasteiger partial charge in [0.2, 0.25) is 15.9 Å². The molecule has 2 amide bonds. The summed E-state index contributed by atoms with van der Waals surface area (Å²) in [6, 6.07) is 11.8. The molecule has 0 aliphatic heterocycles. The average molecular weight is 450 g/mol. The fraction of sp³-hybridized carbons (Fsp3) is 0.364. The van der Waals surface area contributed by atoms with E-state index < -0.39 is 15.8 Å². The molecule has 0 spiro atoms. The molecule has 2 N–H and O–H groups in total. The Kier molecular flexibility index (Phi) is 8.56. The molecule has 9 heteroatoms. The van der Waals surface area contributed by atoms with Gasteiger partial charge in [0, 0.05) is 19.0 Å². The van der Waals surface area contributed by atoms with Crippen molar-refractivity contribution in [3.05, 3.63) is 59.9 Å². The Hall–Kier alpha value is -2.94. The Bertz CT molecular complexity index is 1010. The van der Waals surface area contributed by atoms with Crippen LogP contribution in [0.4, 0.5) is 15.8 Å². The molecule has 0 bridgehead atoms. The summed E-state index contributed by atoms with van der Waals surface area (Å²) in [4.78, 5) is 24.9. The molecule has 168 valence electrons. The first-order chi connectivity index (χ1) is 14.6. The summed E-state index contributed by atoms with van der Waals surface area (Å²) < 4.78 is 38.5. The third-order valence-corrected chi connectivity index (χ3v) is 5.91. The van der Waals surface area contributed by atoms with E-state index in [1.54, 1.807) is 24.3 Å². The fourth-order valence-corrected chi connectivity index (χ4v) is 3.85. The monoisotopic (exact) mass is 449 g/mol. The lowest BCUT2D eigenvalue weighted by Gasteiger charge is -2.22. The molecule has 0 aliphatic rings. The maximum absolute atomic E-state index is 13.1. The highest BCUT2D eigenvalue weighted by Gasteiger charge is 2.18. The van der Waals surface area contributed by atoms with Gasteiger partial charge < -0.3 is 10.6 Å². The van der Waals surface area contributed by atoms with Gasteiger partial charge in [0.25, 0.3) is 5.91 Å². The highest BCUT2D eigenvalue weighted by molar-refractivity contribution is 7.92. The number of halogens is 1. The number of benzene rings is 2. The van der Waals surface area contributed by atoms with E-state index in [0.717, 1.165) is 17.0 Å². The molecule has 0 heterocycles. The van der Waals surface area contributed by atoms with Gasteiger partial charge in [-0.1, -0.05) is 19.1 Å². The van der Waals surface area contributed by atoms with Crippen molar-refractivity contribution in [2.45, 2.75) is 39.2 Å². The minimum Gasteiger partial charge on any atom is -0.350 e. The van der Waals surface area contributed by atoms with E-state index in [1.165, 1.54) is 24.3 Å². The highest BCUT2D eigenvalue weighted by atomic mass is 32.2. The number of sulfonamides is 1. The molecule has 0 unspecified atom stereocenters. The van der Waals surface area contributed by atoms with Crippen LogP contribution in [0.25, 0.3) is 0 Å². The third-order valence-electron chi connectivity index (χ3n) is 4.72. The smallest absolute Gasteiger partial charge is 0.253 e. The van der Waals surface area contributed by atoms with E-state index in [0.29, 0.717) is 16.9 Å². The summed E-state index contributed by atoms with van der Waals surface area (Å²) in [5, 5.41) is 5.59. The van der Waals surface area contributed by atoms with Gasteiger partial charge in [-0.2, -0.15) is 0 Å². The fourth-order valence-electron chi connectivity index (χ4n) is 2.88. The molecule has 1 atom stereocenters. The number of para-hydroxylation sites is 1. The van der Waals surface area contributed by atoms with Gasteiger partial charge in [-0.3, -0.25) is 13.9 Å². The van der Waals surface area contributed by atoms with Crippen LogP contribution in [0.15, 0.2) is 48.5 Å². The third kappa shape index (κ3) is 7.36. The van der Waals surface area contributed by atoms with Crippen molar-refractivity contribution in [3.63, 3.8) is 0 Å². The van der Waals surface area contributed by atoms with Crippen LogP contribution in [-0.2, 0) is 14.8 Å². The van der Waals surface area contributed by atoms with Crippen LogP contribution in [0.5, 0.6) is 0 Å². The zero-order valence-electron chi connectivity index (χ0n) is 17.9. The topological polar surface area (TPSA) is 95.6 Å². The number of hydrogen-bond donors (Lipinski definition) is 2. The van der Waals surface area contributed by atoms with Gasteiger partial charge >= 0.3 is 0 Å². The number of carbonyl (C=O) groups excluding carboxylic acids is 2. The van der Waals surface area contributed by atoms with Crippen molar-refractivity contribution in [2.24, 2.45) is 0 Å². The van der Waals surface area contributed by atoms with E-state index in [1.807, 2.05) is 13.8 Å². The Labute approximate surface area is 182 Å². The lowest BCUT2D eigenvalue weighted by atomic mass is 10.1. The Morgan fingerprint density at radius 3 is 2.35 bits per heavy atom. The molecule has 0 saturated carbocycles. The average Bonchev–Trinajstić information content (AvgIpc) is 2.71. The van der Waals surface area contributed by atoms with Gasteiger partial charge in [0.05, 0.1) is 23.2 Å². The number of amides is 2. The normalized spacial score (nSPS) is 12.1. The molecule has 2 aromatic carbocycles. The van der Waals surface area contributed by atoms with E-state index in [4.69, 9.17) is 0 Å². The van der Waals surface area contributed by atoms with Crippen molar-refractivity contribution in [1.82, 2.24) is 5.32 Å². The molecule has 31 heavy (non-hydrogen) atoms. The van der Waals surface area contributed by atoms with Crippen molar-refractivity contribution in [1.29, 1.82) is 0 Å². The summed E-state index contributed by atoms with van der Waals surface area (Å²) in [6.45, 7) is 3.92. The van der Waals surface area contributed by atoms with Crippen LogP contribution < -0.4 is 14.9 Å². The number of anilines is 2. The predicted octanol–water partition coefficient (Wildman–Crippen LogP) is 3.54. The van der Waals surface area contributed by atoms with Gasteiger partial charge in [-0.05, 0) is 56.2 Å². The first kappa shape index (κ1) is 24.3. The summed E-state index contributed by atoms with van der Waals surface area (Å²) in [7, 11) is -3.59. The van der Waals surface area contributed by atoms with E-state index in [-0.39, 0.29) is 37.2 Å². The van der Waals surface area contributed by atoms with Gasteiger partial charge in [-0.15, -0.1) is 0 Å². The lowest BCUT2D eigenvalue weighted by Crippen LogP contribution is -2.33. The number of hydrogen-bond acceptors (Lipinski definition) is 4. The molecule has 0 saturated heterocycles. The Morgan fingerprint density at radius 1 is 1.10 bits per heavy atom. The summed E-state index contributed by atoms with van der Waals surface area (Å²) in [5.74, 6) is -1.08. The van der Waals surface area contributed by atoms with Gasteiger partial charge in [-0.25, -0.2) is 12.8 Å². The van der Waals surface area contributed by atoms with Gasteiger partial charge in [0.1, 0.15) is 5.82 Å². The molecule has 7 nitrogen and oxygen atoms in total. The maximum atomic E-state index is 13.1. The molecule has 2 rings (SSSR count). The largest absolute Gasteiger partial charge is 0.350 e. The second-order valence-electron chi connectivity index (χ2n) is 7.29.